The summed E-state index contributed by atoms with van der Waals surface area (Å²) < 4.78 is 6.99. The minimum atomic E-state index is -0.765. The van der Waals surface area contributed by atoms with Crippen molar-refractivity contribution in [1.82, 2.24) is 0 Å². The molecule has 0 saturated heterocycles. The number of nitrogens with zero attached hydrogens (tertiary/aromatic N) is 2. The van der Waals surface area contributed by atoms with Crippen molar-refractivity contribution in [1.29, 1.82) is 0 Å². The van der Waals surface area contributed by atoms with Crippen LogP contribution in [0.1, 0.15) is 22.2 Å². The number of hydrogen-bond acceptors (Lipinski definition) is 4. The lowest BCUT2D eigenvalue weighted by Gasteiger charge is -2.18. The SMILES string of the molecule is O=C(c1ccc(Cl)c(Cl)c1)[C@@H](C([S-])=NCc1ccco1)[n+]1ccccc1. The fourth-order valence-electron chi connectivity index (χ4n) is 2.41. The van der Waals surface area contributed by atoms with Gasteiger partial charge in [-0.25, -0.2) is 0 Å². The Morgan fingerprint density at radius 2 is 1.88 bits per heavy atom. The number of Topliss-reactive ketones (excluding diaryl/α,β-unsaturated/α-hetero) is 1. The molecule has 3 aromatic rings. The molecule has 4 nitrogen and oxygen atoms in total. The van der Waals surface area contributed by atoms with E-state index in [1.54, 1.807) is 47.5 Å². The molecule has 0 amide bonds. The molecule has 0 fully saturated rings. The van der Waals surface area contributed by atoms with E-state index in [1.807, 2.05) is 18.2 Å². The van der Waals surface area contributed by atoms with Crippen LogP contribution in [0.25, 0.3) is 0 Å². The Hall–Kier alpha value is -2.21. The van der Waals surface area contributed by atoms with Crippen LogP contribution >= 0.6 is 23.2 Å². The number of rotatable bonds is 6. The molecule has 0 aliphatic heterocycles. The fraction of sp³-hybridized carbons (Fsp3) is 0.105. The maximum absolute atomic E-state index is 13.1. The molecule has 0 saturated carbocycles. The quantitative estimate of drug-likeness (QED) is 0.200. The zero-order valence-corrected chi connectivity index (χ0v) is 15.8. The first-order valence-electron chi connectivity index (χ1n) is 7.75. The average molecular weight is 405 g/mol. The molecule has 0 aliphatic rings. The highest BCUT2D eigenvalue weighted by molar-refractivity contribution is 7.77. The van der Waals surface area contributed by atoms with E-state index < -0.39 is 6.04 Å². The van der Waals surface area contributed by atoms with Gasteiger partial charge >= 0.3 is 0 Å². The first kappa shape index (κ1) is 18.6. The number of carbonyl (C=O) groups excluding carboxylic acids is 1. The first-order valence-corrected chi connectivity index (χ1v) is 8.91. The fourth-order valence-corrected chi connectivity index (χ4v) is 3.00. The molecule has 26 heavy (non-hydrogen) atoms. The second kappa shape index (κ2) is 8.45. The Bertz CT molecular complexity index is 928. The molecule has 7 heteroatoms. The maximum atomic E-state index is 13.1. The van der Waals surface area contributed by atoms with E-state index in [0.717, 1.165) is 0 Å². The number of carbonyl (C=O) groups is 1. The highest BCUT2D eigenvalue weighted by Gasteiger charge is 2.28. The summed E-state index contributed by atoms with van der Waals surface area (Å²) in [5.74, 6) is 0.458. The third kappa shape index (κ3) is 4.30. The van der Waals surface area contributed by atoms with Crippen LogP contribution in [0.3, 0.4) is 0 Å². The Labute approximate surface area is 166 Å². The summed E-state index contributed by atoms with van der Waals surface area (Å²) in [6.07, 6.45) is 5.11. The lowest BCUT2D eigenvalue weighted by molar-refractivity contribution is -0.691. The number of ketones is 1. The molecule has 1 atom stereocenters. The van der Waals surface area contributed by atoms with Gasteiger partial charge in [-0.3, -0.25) is 4.79 Å². The predicted molar refractivity (Wildman–Crippen MR) is 104 cm³/mol. The van der Waals surface area contributed by atoms with E-state index in [-0.39, 0.29) is 17.4 Å². The summed E-state index contributed by atoms with van der Waals surface area (Å²) in [5.41, 5.74) is 0.413. The average Bonchev–Trinajstić information content (AvgIpc) is 3.17. The Balaban J connectivity index is 1.96. The van der Waals surface area contributed by atoms with Crippen molar-refractivity contribution in [2.45, 2.75) is 12.6 Å². The molecule has 0 spiro atoms. The lowest BCUT2D eigenvalue weighted by Crippen LogP contribution is -2.47. The predicted octanol–water partition coefficient (Wildman–Crippen LogP) is 4.44. The molecular formula is C19H14Cl2N2O2S. The van der Waals surface area contributed by atoms with Crippen molar-refractivity contribution in [2.24, 2.45) is 4.99 Å². The second-order valence-corrected chi connectivity index (χ2v) is 6.68. The summed E-state index contributed by atoms with van der Waals surface area (Å²) in [6, 6.07) is 13.1. The van der Waals surface area contributed by atoms with Gasteiger partial charge in [-0.15, -0.1) is 0 Å². The van der Waals surface area contributed by atoms with Crippen molar-refractivity contribution < 1.29 is 13.8 Å². The summed E-state index contributed by atoms with van der Waals surface area (Å²) in [6.45, 7) is 0.268. The van der Waals surface area contributed by atoms with Crippen LogP contribution < -0.4 is 4.57 Å². The molecule has 2 aromatic heterocycles. The van der Waals surface area contributed by atoms with Crippen molar-refractivity contribution in [3.8, 4) is 0 Å². The van der Waals surface area contributed by atoms with Crippen LogP contribution in [0.5, 0.6) is 0 Å². The summed E-state index contributed by atoms with van der Waals surface area (Å²) in [4.78, 5) is 17.5. The number of halogens is 2. The van der Waals surface area contributed by atoms with Gasteiger partial charge < -0.3 is 22.0 Å². The van der Waals surface area contributed by atoms with E-state index >= 15 is 0 Å². The summed E-state index contributed by atoms with van der Waals surface area (Å²) in [5, 5.41) is 0.957. The topological polar surface area (TPSA) is 46.5 Å². The monoisotopic (exact) mass is 404 g/mol. The third-order valence-corrected chi connectivity index (χ3v) is 4.79. The van der Waals surface area contributed by atoms with Gasteiger partial charge in [0.25, 0.3) is 0 Å². The van der Waals surface area contributed by atoms with Crippen LogP contribution in [0.2, 0.25) is 10.0 Å². The number of pyridine rings is 1. The number of aromatic nitrogens is 1. The number of hydrogen-bond donors (Lipinski definition) is 0. The number of benzene rings is 1. The largest absolute Gasteiger partial charge is 0.758 e. The van der Waals surface area contributed by atoms with Crippen molar-refractivity contribution in [3.63, 3.8) is 0 Å². The number of aliphatic imine (C=N–C) groups is 1. The number of furan rings is 1. The van der Waals surface area contributed by atoms with Gasteiger partial charge in [-0.1, -0.05) is 29.3 Å². The second-order valence-electron chi connectivity index (χ2n) is 5.45. The lowest BCUT2D eigenvalue weighted by atomic mass is 10.0. The van der Waals surface area contributed by atoms with Crippen molar-refractivity contribution in [2.75, 3.05) is 0 Å². The van der Waals surface area contributed by atoms with Crippen molar-refractivity contribution in [3.05, 3.63) is 88.6 Å². The van der Waals surface area contributed by atoms with Crippen LogP contribution in [-0.4, -0.2) is 10.8 Å². The highest BCUT2D eigenvalue weighted by Crippen LogP contribution is 2.24. The molecular weight excluding hydrogens is 391 g/mol. The molecule has 0 unspecified atom stereocenters. The minimum absolute atomic E-state index is 0.215. The van der Waals surface area contributed by atoms with Gasteiger partial charge in [-0.2, -0.15) is 4.57 Å². The molecule has 3 rings (SSSR count). The minimum Gasteiger partial charge on any atom is -0.758 e. The van der Waals surface area contributed by atoms with Crippen LogP contribution in [-0.2, 0) is 19.2 Å². The van der Waals surface area contributed by atoms with E-state index in [0.29, 0.717) is 21.4 Å². The van der Waals surface area contributed by atoms with Gasteiger partial charge in [0.1, 0.15) is 5.76 Å². The molecule has 0 N–H and O–H groups in total. The summed E-state index contributed by atoms with van der Waals surface area (Å²) >= 11 is 17.5. The molecule has 0 radical (unpaired) electrons. The Kier molecular flexibility index (Phi) is 6.04. The van der Waals surface area contributed by atoms with Crippen molar-refractivity contribution >= 4 is 46.7 Å². The maximum Gasteiger partial charge on any atom is 0.237 e. The summed E-state index contributed by atoms with van der Waals surface area (Å²) in [7, 11) is 0. The highest BCUT2D eigenvalue weighted by atomic mass is 35.5. The molecule has 2 heterocycles. The van der Waals surface area contributed by atoms with E-state index in [9.17, 15) is 4.79 Å². The van der Waals surface area contributed by atoms with E-state index in [1.165, 1.54) is 6.07 Å². The Morgan fingerprint density at radius 3 is 2.54 bits per heavy atom. The normalized spacial score (nSPS) is 12.8. The van der Waals surface area contributed by atoms with Gasteiger partial charge in [-0.05, 0) is 35.4 Å². The molecule has 132 valence electrons. The first-order chi connectivity index (χ1) is 12.6. The van der Waals surface area contributed by atoms with E-state index in [4.69, 9.17) is 40.2 Å². The van der Waals surface area contributed by atoms with Crippen LogP contribution in [0.4, 0.5) is 0 Å². The smallest absolute Gasteiger partial charge is 0.237 e. The van der Waals surface area contributed by atoms with Crippen LogP contribution in [0.15, 0.2) is 76.6 Å². The zero-order valence-electron chi connectivity index (χ0n) is 13.5. The van der Waals surface area contributed by atoms with Gasteiger partial charge in [0, 0.05) is 17.7 Å². The van der Waals surface area contributed by atoms with Gasteiger partial charge in [0.05, 0.1) is 22.9 Å². The molecule has 0 bridgehead atoms. The standard InChI is InChI=1S/C19H14Cl2N2O2S/c20-15-7-6-13(11-16(15)21)18(24)17(23-8-2-1-3-9-23)19(26)22-12-14-5-4-10-25-14/h1-11,17H,12H2/t17-/m0/s1. The van der Waals surface area contributed by atoms with Crippen LogP contribution in [0, 0.1) is 0 Å². The molecule has 1 aromatic carbocycles. The Morgan fingerprint density at radius 1 is 1.12 bits per heavy atom. The molecule has 0 aliphatic carbocycles. The third-order valence-electron chi connectivity index (χ3n) is 3.69. The van der Waals surface area contributed by atoms with Gasteiger partial charge in [0.2, 0.25) is 11.8 Å². The van der Waals surface area contributed by atoms with E-state index in [2.05, 4.69) is 4.99 Å². The van der Waals surface area contributed by atoms with Gasteiger partial charge in [0.15, 0.2) is 12.4 Å². The zero-order chi connectivity index (χ0) is 18.5.